The van der Waals surface area contributed by atoms with Crippen molar-refractivity contribution in [2.24, 2.45) is 5.73 Å². The van der Waals surface area contributed by atoms with E-state index in [0.717, 1.165) is 0 Å². The topological polar surface area (TPSA) is 108 Å². The summed E-state index contributed by atoms with van der Waals surface area (Å²) in [4.78, 5) is 13.0. The molecule has 3 unspecified atom stereocenters. The lowest BCUT2D eigenvalue weighted by Gasteiger charge is -2.44. The fourth-order valence-electron chi connectivity index (χ4n) is 4.18. The maximum absolute atomic E-state index is 13.8. The summed E-state index contributed by atoms with van der Waals surface area (Å²) in [5.41, 5.74) is 5.17. The molecule has 3 aromatic rings. The fraction of sp³-hybridized carbons (Fsp3) is 0.208. The number of ether oxygens (including phenoxy) is 2. The highest BCUT2D eigenvalue weighted by atomic mass is 35.5. The highest BCUT2D eigenvalue weighted by molar-refractivity contribution is 7.93. The van der Waals surface area contributed by atoms with Crippen LogP contribution in [0.5, 0.6) is 11.5 Å². The third kappa shape index (κ3) is 4.16. The first-order valence-corrected chi connectivity index (χ1v) is 12.1. The van der Waals surface area contributed by atoms with Gasteiger partial charge in [0.25, 0.3) is 0 Å². The van der Waals surface area contributed by atoms with Crippen molar-refractivity contribution in [3.05, 3.63) is 81.8 Å². The van der Waals surface area contributed by atoms with Gasteiger partial charge in [-0.15, -0.1) is 0 Å². The van der Waals surface area contributed by atoms with Crippen LogP contribution in [0.15, 0.2) is 65.6 Å². The minimum absolute atomic E-state index is 0.182. The SMILES string of the molecule is COc1ccc([S+]([O-])N2c3ccc(Cl)cc3C(O)(c3ccccc3Cl)CC2C(N)=O)cc1OC. The third-order valence-electron chi connectivity index (χ3n) is 5.80. The van der Waals surface area contributed by atoms with Gasteiger partial charge in [-0.25, -0.2) is 0 Å². The maximum atomic E-state index is 13.8. The molecule has 4 rings (SSSR count). The number of amides is 1. The summed E-state index contributed by atoms with van der Waals surface area (Å²) in [6, 6.07) is 15.2. The molecule has 10 heteroatoms. The molecule has 3 N–H and O–H groups in total. The molecule has 0 radical (unpaired) electrons. The van der Waals surface area contributed by atoms with Crippen molar-refractivity contribution >= 4 is 46.2 Å². The van der Waals surface area contributed by atoms with Crippen LogP contribution in [-0.2, 0) is 21.8 Å². The van der Waals surface area contributed by atoms with Gasteiger partial charge in [-0.3, -0.25) is 4.79 Å². The summed E-state index contributed by atoms with van der Waals surface area (Å²) in [6.45, 7) is 0. The summed E-state index contributed by atoms with van der Waals surface area (Å²) in [7, 11) is 2.97. The fourth-order valence-corrected chi connectivity index (χ4v) is 6.01. The first kappa shape index (κ1) is 24.5. The number of fused-ring (bicyclic) bond motifs is 1. The summed E-state index contributed by atoms with van der Waals surface area (Å²) in [5, 5.41) is 12.6. The molecule has 0 saturated heterocycles. The Kier molecular flexibility index (Phi) is 6.89. The van der Waals surface area contributed by atoms with E-state index >= 15 is 0 Å². The van der Waals surface area contributed by atoms with Crippen molar-refractivity contribution in [1.29, 1.82) is 0 Å². The Hall–Kier alpha value is -2.62. The predicted molar refractivity (Wildman–Crippen MR) is 132 cm³/mol. The normalized spacial score (nSPS) is 20.4. The molecule has 0 fully saturated rings. The Morgan fingerprint density at radius 2 is 1.79 bits per heavy atom. The molecule has 34 heavy (non-hydrogen) atoms. The number of primary amides is 1. The van der Waals surface area contributed by atoms with Gasteiger partial charge in [0.05, 0.1) is 19.9 Å². The van der Waals surface area contributed by atoms with E-state index in [-0.39, 0.29) is 6.42 Å². The molecule has 3 aromatic carbocycles. The molecule has 0 aromatic heterocycles. The molecule has 1 amide bonds. The van der Waals surface area contributed by atoms with Gasteiger partial charge in [0.15, 0.2) is 22.4 Å². The molecule has 3 atom stereocenters. The molecular formula is C24H22Cl2N2O5S. The van der Waals surface area contributed by atoms with Crippen LogP contribution >= 0.6 is 23.2 Å². The number of rotatable bonds is 6. The van der Waals surface area contributed by atoms with Crippen LogP contribution in [0.2, 0.25) is 10.0 Å². The number of carbonyl (C=O) groups excluding carboxylic acids is 1. The Morgan fingerprint density at radius 1 is 1.09 bits per heavy atom. The van der Waals surface area contributed by atoms with Crippen molar-refractivity contribution < 1.29 is 23.9 Å². The zero-order valence-corrected chi connectivity index (χ0v) is 20.7. The van der Waals surface area contributed by atoms with E-state index in [2.05, 4.69) is 0 Å². The number of halogens is 2. The molecule has 1 heterocycles. The zero-order chi connectivity index (χ0) is 24.6. The first-order chi connectivity index (χ1) is 16.2. The lowest BCUT2D eigenvalue weighted by molar-refractivity contribution is -0.120. The van der Waals surface area contributed by atoms with E-state index < -0.39 is 28.9 Å². The van der Waals surface area contributed by atoms with Crippen molar-refractivity contribution in [1.82, 2.24) is 0 Å². The van der Waals surface area contributed by atoms with E-state index in [4.69, 9.17) is 38.4 Å². The highest BCUT2D eigenvalue weighted by Gasteiger charge is 2.51. The van der Waals surface area contributed by atoms with E-state index in [1.54, 1.807) is 60.7 Å². The molecule has 0 aliphatic carbocycles. The number of aliphatic hydroxyl groups is 1. The monoisotopic (exact) mass is 520 g/mol. The average Bonchev–Trinajstić information content (AvgIpc) is 2.83. The van der Waals surface area contributed by atoms with Crippen LogP contribution in [0, 0.1) is 0 Å². The minimum Gasteiger partial charge on any atom is -0.588 e. The van der Waals surface area contributed by atoms with E-state index in [1.165, 1.54) is 18.5 Å². The molecule has 7 nitrogen and oxygen atoms in total. The Bertz CT molecular complexity index is 1240. The smallest absolute Gasteiger partial charge is 0.245 e. The van der Waals surface area contributed by atoms with Crippen molar-refractivity contribution in [3.8, 4) is 11.5 Å². The quantitative estimate of drug-likeness (QED) is 0.475. The second-order valence-corrected chi connectivity index (χ2v) is 9.92. The van der Waals surface area contributed by atoms with Gasteiger partial charge in [0, 0.05) is 33.7 Å². The summed E-state index contributed by atoms with van der Waals surface area (Å²) < 4.78 is 25.8. The lowest BCUT2D eigenvalue weighted by atomic mass is 9.77. The first-order valence-electron chi connectivity index (χ1n) is 10.2. The standard InChI is InChI=1S/C24H22Cl2N2O5S/c1-32-21-10-8-15(12-22(21)33-2)34(31)28-19-9-7-14(25)11-17(19)24(30,13-20(28)23(27)29)16-5-3-4-6-18(16)26/h3-12,20,30H,13H2,1-2H3,(H2,27,29). The van der Waals surface area contributed by atoms with Gasteiger partial charge in [-0.2, -0.15) is 4.31 Å². The third-order valence-corrected chi connectivity index (χ3v) is 7.83. The largest absolute Gasteiger partial charge is 0.588 e. The van der Waals surface area contributed by atoms with Gasteiger partial charge < -0.3 is 24.9 Å². The summed E-state index contributed by atoms with van der Waals surface area (Å²) in [5.74, 6) is 0.0958. The van der Waals surface area contributed by atoms with Gasteiger partial charge in [-0.05, 0) is 36.4 Å². The number of anilines is 1. The van der Waals surface area contributed by atoms with E-state index in [0.29, 0.717) is 43.3 Å². The second-order valence-electron chi connectivity index (χ2n) is 7.72. The van der Waals surface area contributed by atoms with Gasteiger partial charge in [0.1, 0.15) is 17.0 Å². The van der Waals surface area contributed by atoms with Gasteiger partial charge in [0.2, 0.25) is 5.91 Å². The minimum atomic E-state index is -1.90. The number of hydrogen-bond acceptors (Lipinski definition) is 6. The number of nitrogens with zero attached hydrogens (tertiary/aromatic N) is 1. The van der Waals surface area contributed by atoms with Crippen LogP contribution < -0.4 is 19.5 Å². The number of benzene rings is 3. The lowest BCUT2D eigenvalue weighted by Crippen LogP contribution is -2.55. The molecule has 0 saturated carbocycles. The average molecular weight is 521 g/mol. The molecule has 0 bridgehead atoms. The predicted octanol–water partition coefficient (Wildman–Crippen LogP) is 4.03. The summed E-state index contributed by atoms with van der Waals surface area (Å²) >= 11 is 10.8. The Labute approximate surface area is 210 Å². The van der Waals surface area contributed by atoms with Crippen LogP contribution in [0.25, 0.3) is 0 Å². The maximum Gasteiger partial charge on any atom is 0.245 e. The number of hydrogen-bond donors (Lipinski definition) is 2. The van der Waals surface area contributed by atoms with E-state index in [1.807, 2.05) is 0 Å². The van der Waals surface area contributed by atoms with Crippen molar-refractivity contribution in [2.75, 3.05) is 18.5 Å². The number of nitrogens with two attached hydrogens (primary N) is 1. The molecule has 178 valence electrons. The second kappa shape index (κ2) is 9.56. The zero-order valence-electron chi connectivity index (χ0n) is 18.3. The van der Waals surface area contributed by atoms with Crippen molar-refractivity contribution in [3.63, 3.8) is 0 Å². The molecular weight excluding hydrogens is 499 g/mol. The summed E-state index contributed by atoms with van der Waals surface area (Å²) in [6.07, 6.45) is -0.182. The van der Waals surface area contributed by atoms with Gasteiger partial charge in [-0.1, -0.05) is 41.4 Å². The van der Waals surface area contributed by atoms with Crippen LogP contribution in [0.4, 0.5) is 5.69 Å². The Balaban J connectivity index is 1.91. The van der Waals surface area contributed by atoms with Crippen LogP contribution in [0.3, 0.4) is 0 Å². The van der Waals surface area contributed by atoms with Crippen molar-refractivity contribution in [2.45, 2.75) is 23.0 Å². The van der Waals surface area contributed by atoms with Gasteiger partial charge >= 0.3 is 0 Å². The molecule has 1 aliphatic heterocycles. The number of carbonyl (C=O) groups is 1. The molecule has 0 spiro atoms. The number of methoxy groups -OCH3 is 2. The van der Waals surface area contributed by atoms with Crippen LogP contribution in [-0.4, -0.2) is 35.8 Å². The highest BCUT2D eigenvalue weighted by Crippen LogP contribution is 2.49. The van der Waals surface area contributed by atoms with Crippen LogP contribution in [0.1, 0.15) is 17.5 Å². The Morgan fingerprint density at radius 3 is 2.44 bits per heavy atom. The molecule has 1 aliphatic rings. The van der Waals surface area contributed by atoms with E-state index in [9.17, 15) is 14.5 Å².